The van der Waals surface area contributed by atoms with Crippen molar-refractivity contribution in [3.8, 4) is 5.75 Å². The largest absolute Gasteiger partial charge is 0.573 e. The van der Waals surface area contributed by atoms with Crippen molar-refractivity contribution in [1.82, 2.24) is 10.3 Å². The minimum absolute atomic E-state index is 0.0385. The van der Waals surface area contributed by atoms with Crippen LogP contribution in [-0.4, -0.2) is 29.3 Å². The molecule has 11 heteroatoms. The molecule has 156 valence electrons. The number of thiazole rings is 1. The van der Waals surface area contributed by atoms with Crippen LogP contribution in [0.2, 0.25) is 0 Å². The highest BCUT2D eigenvalue weighted by Gasteiger charge is 2.31. The van der Waals surface area contributed by atoms with Gasteiger partial charge in [0.2, 0.25) is 5.91 Å². The number of nitrogens with one attached hydrogen (secondary N) is 3. The molecule has 3 rings (SSSR count). The number of aromatic nitrogens is 1. The lowest BCUT2D eigenvalue weighted by Crippen LogP contribution is -2.36. The summed E-state index contributed by atoms with van der Waals surface area (Å²) in [7, 11) is 0. The molecule has 1 aromatic carbocycles. The Labute approximate surface area is 168 Å². The molecule has 0 radical (unpaired) electrons. The Balaban J connectivity index is 1.46. The molecule has 1 saturated carbocycles. The van der Waals surface area contributed by atoms with E-state index in [0.717, 1.165) is 37.8 Å². The summed E-state index contributed by atoms with van der Waals surface area (Å²) in [4.78, 5) is 28.2. The first-order chi connectivity index (χ1) is 13.8. The number of benzene rings is 1. The van der Waals surface area contributed by atoms with Crippen molar-refractivity contribution < 1.29 is 27.5 Å². The maximum atomic E-state index is 12.1. The molecule has 1 aliphatic carbocycles. The van der Waals surface area contributed by atoms with E-state index in [4.69, 9.17) is 0 Å². The number of hydrogen-bond acceptors (Lipinski definition) is 5. The zero-order valence-corrected chi connectivity index (χ0v) is 16.0. The van der Waals surface area contributed by atoms with Gasteiger partial charge in [-0.05, 0) is 37.1 Å². The highest BCUT2D eigenvalue weighted by Crippen LogP contribution is 2.24. The Morgan fingerprint density at radius 3 is 2.48 bits per heavy atom. The fourth-order valence-corrected chi connectivity index (χ4v) is 3.65. The van der Waals surface area contributed by atoms with E-state index in [9.17, 15) is 22.8 Å². The van der Waals surface area contributed by atoms with E-state index in [1.807, 2.05) is 0 Å². The molecule has 1 aromatic heterocycles. The van der Waals surface area contributed by atoms with Gasteiger partial charge in [0.05, 0.1) is 12.1 Å². The number of alkyl halides is 3. The smallest absolute Gasteiger partial charge is 0.406 e. The minimum Gasteiger partial charge on any atom is -0.406 e. The molecule has 0 aliphatic heterocycles. The van der Waals surface area contributed by atoms with Crippen LogP contribution in [0, 0.1) is 0 Å². The predicted molar refractivity (Wildman–Crippen MR) is 102 cm³/mol. The number of amides is 3. The number of hydrogen-bond donors (Lipinski definition) is 3. The van der Waals surface area contributed by atoms with Crippen LogP contribution >= 0.6 is 11.3 Å². The van der Waals surface area contributed by atoms with E-state index >= 15 is 0 Å². The fourth-order valence-electron chi connectivity index (χ4n) is 2.94. The molecular formula is C18H19F3N4O3S. The molecule has 0 bridgehead atoms. The molecule has 0 unspecified atom stereocenters. The summed E-state index contributed by atoms with van der Waals surface area (Å²) in [6.45, 7) is 0. The van der Waals surface area contributed by atoms with Crippen LogP contribution in [0.15, 0.2) is 29.6 Å². The van der Waals surface area contributed by atoms with Crippen molar-refractivity contribution in [2.45, 2.75) is 44.5 Å². The molecule has 7 nitrogen and oxygen atoms in total. The van der Waals surface area contributed by atoms with Gasteiger partial charge in [0.1, 0.15) is 5.75 Å². The van der Waals surface area contributed by atoms with E-state index in [2.05, 4.69) is 25.7 Å². The second-order valence-corrected chi connectivity index (χ2v) is 7.38. The third kappa shape index (κ3) is 6.93. The molecule has 29 heavy (non-hydrogen) atoms. The zero-order valence-electron chi connectivity index (χ0n) is 15.2. The van der Waals surface area contributed by atoms with Gasteiger partial charge < -0.3 is 15.4 Å². The van der Waals surface area contributed by atoms with Crippen molar-refractivity contribution in [1.29, 1.82) is 0 Å². The van der Waals surface area contributed by atoms with E-state index in [0.29, 0.717) is 16.5 Å². The SMILES string of the molecule is O=C(Cc1csc(NC(=O)NC2CCCC2)n1)Nc1ccc(OC(F)(F)F)cc1. The second-order valence-electron chi connectivity index (χ2n) is 6.52. The van der Waals surface area contributed by atoms with Crippen LogP contribution in [-0.2, 0) is 11.2 Å². The number of carbonyl (C=O) groups is 2. The summed E-state index contributed by atoms with van der Waals surface area (Å²) < 4.78 is 40.2. The van der Waals surface area contributed by atoms with Crippen LogP contribution in [0.3, 0.4) is 0 Å². The number of rotatable bonds is 6. The monoisotopic (exact) mass is 428 g/mol. The summed E-state index contributed by atoms with van der Waals surface area (Å²) in [6, 6.07) is 4.70. The number of urea groups is 1. The number of anilines is 2. The average Bonchev–Trinajstić information content (AvgIpc) is 3.27. The first-order valence-electron chi connectivity index (χ1n) is 8.94. The minimum atomic E-state index is -4.77. The molecule has 1 fully saturated rings. The van der Waals surface area contributed by atoms with Crippen LogP contribution in [0.4, 0.5) is 28.8 Å². The predicted octanol–water partition coefficient (Wildman–Crippen LogP) is 4.29. The summed E-state index contributed by atoms with van der Waals surface area (Å²) in [5.74, 6) is -0.761. The molecular weight excluding hydrogens is 409 g/mol. The molecule has 3 amide bonds. The molecule has 0 atom stereocenters. The van der Waals surface area contributed by atoms with Crippen molar-refractivity contribution in [3.63, 3.8) is 0 Å². The maximum Gasteiger partial charge on any atom is 0.573 e. The topological polar surface area (TPSA) is 92.4 Å². The number of halogens is 3. The third-order valence-corrected chi connectivity index (χ3v) is 4.98. The van der Waals surface area contributed by atoms with Crippen LogP contribution in [0.1, 0.15) is 31.4 Å². The Hall–Kier alpha value is -2.82. The standard InChI is InChI=1S/C18H19F3N4O3S/c19-18(20,21)28-14-7-5-12(6-8-14)22-15(26)9-13-10-29-17(24-13)25-16(27)23-11-3-1-2-4-11/h5-8,10-11H,1-4,9H2,(H,22,26)(H2,23,24,25,27). The molecule has 0 saturated heterocycles. The Morgan fingerprint density at radius 2 is 1.83 bits per heavy atom. The van der Waals surface area contributed by atoms with Crippen molar-refractivity contribution in [3.05, 3.63) is 35.3 Å². The zero-order chi connectivity index (χ0) is 20.9. The molecule has 1 heterocycles. The van der Waals surface area contributed by atoms with Gasteiger partial charge >= 0.3 is 12.4 Å². The summed E-state index contributed by atoms with van der Waals surface area (Å²) in [6.07, 6.45) is -0.641. The summed E-state index contributed by atoms with van der Waals surface area (Å²) in [5, 5.41) is 10.2. The lowest BCUT2D eigenvalue weighted by molar-refractivity contribution is -0.274. The fraction of sp³-hybridized carbons (Fsp3) is 0.389. The van der Waals surface area contributed by atoms with Gasteiger partial charge in [0.15, 0.2) is 5.13 Å². The van der Waals surface area contributed by atoms with Gasteiger partial charge in [0, 0.05) is 17.1 Å². The highest BCUT2D eigenvalue weighted by atomic mass is 32.1. The maximum absolute atomic E-state index is 12.1. The van der Waals surface area contributed by atoms with E-state index in [1.165, 1.54) is 23.5 Å². The summed E-state index contributed by atoms with van der Waals surface area (Å²) >= 11 is 1.21. The van der Waals surface area contributed by atoms with Gasteiger partial charge in [-0.15, -0.1) is 24.5 Å². The van der Waals surface area contributed by atoms with E-state index in [1.54, 1.807) is 5.38 Å². The molecule has 3 N–H and O–H groups in total. The van der Waals surface area contributed by atoms with Crippen LogP contribution in [0.5, 0.6) is 5.75 Å². The van der Waals surface area contributed by atoms with Gasteiger partial charge in [-0.25, -0.2) is 9.78 Å². The normalized spacial score (nSPS) is 14.4. The molecule has 2 aromatic rings. The van der Waals surface area contributed by atoms with Crippen molar-refractivity contribution in [2.75, 3.05) is 10.6 Å². The van der Waals surface area contributed by atoms with Gasteiger partial charge in [-0.1, -0.05) is 12.8 Å². The van der Waals surface area contributed by atoms with Gasteiger partial charge in [-0.2, -0.15) is 0 Å². The highest BCUT2D eigenvalue weighted by molar-refractivity contribution is 7.13. The molecule has 1 aliphatic rings. The van der Waals surface area contributed by atoms with Crippen LogP contribution in [0.25, 0.3) is 0 Å². The van der Waals surface area contributed by atoms with E-state index < -0.39 is 6.36 Å². The lowest BCUT2D eigenvalue weighted by atomic mass is 10.2. The van der Waals surface area contributed by atoms with Crippen molar-refractivity contribution >= 4 is 34.1 Å². The third-order valence-electron chi connectivity index (χ3n) is 4.18. The second kappa shape index (κ2) is 9.12. The Bertz CT molecular complexity index is 849. The van der Waals surface area contributed by atoms with Gasteiger partial charge in [-0.3, -0.25) is 10.1 Å². The first-order valence-corrected chi connectivity index (χ1v) is 9.82. The van der Waals surface area contributed by atoms with Crippen LogP contribution < -0.4 is 20.7 Å². The average molecular weight is 428 g/mol. The quantitative estimate of drug-likeness (QED) is 0.640. The molecule has 0 spiro atoms. The summed E-state index contributed by atoms with van der Waals surface area (Å²) in [5.41, 5.74) is 0.801. The van der Waals surface area contributed by atoms with Crippen molar-refractivity contribution in [2.24, 2.45) is 0 Å². The number of ether oxygens (including phenoxy) is 1. The number of carbonyl (C=O) groups excluding carboxylic acids is 2. The Kier molecular flexibility index (Phi) is 6.57. The first kappa shape index (κ1) is 20.9. The lowest BCUT2D eigenvalue weighted by Gasteiger charge is -2.11. The van der Waals surface area contributed by atoms with E-state index in [-0.39, 0.29) is 30.2 Å². The van der Waals surface area contributed by atoms with Gasteiger partial charge in [0.25, 0.3) is 0 Å². The Morgan fingerprint density at radius 1 is 1.14 bits per heavy atom. The number of nitrogens with zero attached hydrogens (tertiary/aromatic N) is 1.